The first-order valence-corrected chi connectivity index (χ1v) is 7.44. The fourth-order valence-electron chi connectivity index (χ4n) is 1.88. The molecule has 0 fully saturated rings. The minimum Gasteiger partial charge on any atom is -0.459 e. The number of esters is 1. The summed E-state index contributed by atoms with van der Waals surface area (Å²) in [6, 6.07) is 15.0. The minimum absolute atomic E-state index is 0.0928. The fourth-order valence-corrected chi connectivity index (χ4v) is 1.88. The van der Waals surface area contributed by atoms with Gasteiger partial charge in [0.25, 0.3) is 0 Å². The van der Waals surface area contributed by atoms with Crippen LogP contribution >= 0.6 is 0 Å². The largest absolute Gasteiger partial charge is 0.513 e. The van der Waals surface area contributed by atoms with Crippen molar-refractivity contribution in [3.05, 3.63) is 78.4 Å². The minimum atomic E-state index is -0.934. The molecule has 6 heteroatoms. The lowest BCUT2D eigenvalue weighted by molar-refractivity contribution is -0.138. The molecule has 6 nitrogen and oxygen atoms in total. The Hall–Kier alpha value is -3.41. The van der Waals surface area contributed by atoms with E-state index in [1.165, 1.54) is 12.1 Å². The van der Waals surface area contributed by atoms with Crippen LogP contribution in [-0.4, -0.2) is 31.1 Å². The zero-order chi connectivity index (χ0) is 18.1. The molecule has 0 amide bonds. The Labute approximate surface area is 144 Å². The predicted octanol–water partition coefficient (Wildman–Crippen LogP) is 3.16. The quantitative estimate of drug-likeness (QED) is 0.253. The number of rotatable bonds is 7. The number of hydrogen-bond acceptors (Lipinski definition) is 6. The highest BCUT2D eigenvalue weighted by Gasteiger charge is 2.10. The van der Waals surface area contributed by atoms with Crippen molar-refractivity contribution in [2.45, 2.75) is 0 Å². The van der Waals surface area contributed by atoms with Crippen LogP contribution in [0.2, 0.25) is 0 Å². The molecule has 0 radical (unpaired) electrons. The first-order chi connectivity index (χ1) is 12.1. The Morgan fingerprint density at radius 3 is 2.08 bits per heavy atom. The molecular formula is C19H16O6. The molecule has 0 aliphatic carbocycles. The van der Waals surface area contributed by atoms with E-state index in [4.69, 9.17) is 9.47 Å². The third-order valence-corrected chi connectivity index (χ3v) is 3.07. The first kappa shape index (κ1) is 17.9. The van der Waals surface area contributed by atoms with Gasteiger partial charge in [0, 0.05) is 17.2 Å². The van der Waals surface area contributed by atoms with Crippen molar-refractivity contribution in [1.29, 1.82) is 0 Å². The molecule has 0 heterocycles. The Kier molecular flexibility index (Phi) is 6.47. The van der Waals surface area contributed by atoms with E-state index in [0.29, 0.717) is 11.1 Å². The molecule has 128 valence electrons. The molecule has 0 saturated heterocycles. The average molecular weight is 340 g/mol. The summed E-state index contributed by atoms with van der Waals surface area (Å²) in [6.07, 6.45) is 0.0770. The van der Waals surface area contributed by atoms with Crippen LogP contribution < -0.4 is 4.74 Å². The third kappa shape index (κ3) is 5.62. The van der Waals surface area contributed by atoms with E-state index in [2.05, 4.69) is 11.3 Å². The summed E-state index contributed by atoms with van der Waals surface area (Å²) in [5.41, 5.74) is 1.05. The van der Waals surface area contributed by atoms with Gasteiger partial charge in [-0.15, -0.1) is 0 Å². The highest BCUT2D eigenvalue weighted by molar-refractivity contribution is 6.09. The Bertz CT molecular complexity index is 749. The lowest BCUT2D eigenvalue weighted by Crippen LogP contribution is -2.15. The van der Waals surface area contributed by atoms with Crippen LogP contribution in [0, 0.1) is 0 Å². The van der Waals surface area contributed by atoms with Crippen LogP contribution in [0.5, 0.6) is 5.75 Å². The average Bonchev–Trinajstić information content (AvgIpc) is 2.65. The summed E-state index contributed by atoms with van der Waals surface area (Å²) in [5, 5.41) is 0. The van der Waals surface area contributed by atoms with E-state index in [1.807, 2.05) is 6.07 Å². The van der Waals surface area contributed by atoms with E-state index in [9.17, 15) is 14.4 Å². The van der Waals surface area contributed by atoms with Gasteiger partial charge in [0.1, 0.15) is 19.0 Å². The summed E-state index contributed by atoms with van der Waals surface area (Å²) in [6.45, 7) is 3.01. The van der Waals surface area contributed by atoms with E-state index in [0.717, 1.165) is 6.08 Å². The normalized spacial score (nSPS) is 9.76. The SMILES string of the molecule is C=CC(=O)OCCOC(=O)Oc1ccc(C(=O)c2ccccc2)cc1. The zero-order valence-corrected chi connectivity index (χ0v) is 13.3. The van der Waals surface area contributed by atoms with Gasteiger partial charge in [0.05, 0.1) is 0 Å². The first-order valence-electron chi connectivity index (χ1n) is 7.44. The zero-order valence-electron chi connectivity index (χ0n) is 13.3. The van der Waals surface area contributed by atoms with Gasteiger partial charge in [-0.2, -0.15) is 0 Å². The van der Waals surface area contributed by atoms with Crippen LogP contribution in [0.25, 0.3) is 0 Å². The summed E-state index contributed by atoms with van der Waals surface area (Å²) >= 11 is 0. The van der Waals surface area contributed by atoms with Crippen LogP contribution in [0.3, 0.4) is 0 Å². The van der Waals surface area contributed by atoms with Gasteiger partial charge < -0.3 is 14.2 Å². The van der Waals surface area contributed by atoms with Crippen molar-refractivity contribution in [3.8, 4) is 5.75 Å². The summed E-state index contributed by atoms with van der Waals surface area (Å²) in [7, 11) is 0. The van der Waals surface area contributed by atoms with Gasteiger partial charge in [-0.05, 0) is 24.3 Å². The molecule has 2 rings (SSSR count). The summed E-state index contributed by atoms with van der Waals surface area (Å²) in [5.74, 6) is -0.493. The maximum Gasteiger partial charge on any atom is 0.513 e. The predicted molar refractivity (Wildman–Crippen MR) is 89.4 cm³/mol. The van der Waals surface area contributed by atoms with Crippen LogP contribution in [0.1, 0.15) is 15.9 Å². The Morgan fingerprint density at radius 2 is 1.44 bits per heavy atom. The van der Waals surface area contributed by atoms with Crippen molar-refractivity contribution >= 4 is 17.9 Å². The van der Waals surface area contributed by atoms with E-state index < -0.39 is 12.1 Å². The number of ketones is 1. The third-order valence-electron chi connectivity index (χ3n) is 3.07. The number of benzene rings is 2. The van der Waals surface area contributed by atoms with E-state index >= 15 is 0 Å². The van der Waals surface area contributed by atoms with Crippen molar-refractivity contribution in [3.63, 3.8) is 0 Å². The second-order valence-electron chi connectivity index (χ2n) is 4.79. The Morgan fingerprint density at radius 1 is 0.840 bits per heavy atom. The maximum absolute atomic E-state index is 12.3. The van der Waals surface area contributed by atoms with Crippen molar-refractivity contribution in [1.82, 2.24) is 0 Å². The van der Waals surface area contributed by atoms with Gasteiger partial charge in [-0.3, -0.25) is 4.79 Å². The number of carbonyl (C=O) groups is 3. The molecule has 25 heavy (non-hydrogen) atoms. The standard InChI is InChI=1S/C19H16O6/c1-2-17(20)23-12-13-24-19(22)25-16-10-8-15(9-11-16)18(21)14-6-4-3-5-7-14/h2-11H,1,12-13H2. The highest BCUT2D eigenvalue weighted by atomic mass is 16.7. The van der Waals surface area contributed by atoms with Gasteiger partial charge in [0.15, 0.2) is 5.78 Å². The Balaban J connectivity index is 1.83. The van der Waals surface area contributed by atoms with Crippen LogP contribution in [0.4, 0.5) is 4.79 Å². The highest BCUT2D eigenvalue weighted by Crippen LogP contribution is 2.16. The lowest BCUT2D eigenvalue weighted by atomic mass is 10.0. The molecule has 2 aromatic rings. The lowest BCUT2D eigenvalue weighted by Gasteiger charge is -2.07. The van der Waals surface area contributed by atoms with E-state index in [-0.39, 0.29) is 24.7 Å². The van der Waals surface area contributed by atoms with Crippen molar-refractivity contribution in [2.24, 2.45) is 0 Å². The molecule has 0 aliphatic heterocycles. The van der Waals surface area contributed by atoms with Crippen molar-refractivity contribution < 1.29 is 28.6 Å². The second-order valence-corrected chi connectivity index (χ2v) is 4.79. The molecule has 0 N–H and O–H groups in total. The van der Waals surface area contributed by atoms with Gasteiger partial charge in [-0.1, -0.05) is 36.9 Å². The number of carbonyl (C=O) groups excluding carboxylic acids is 3. The van der Waals surface area contributed by atoms with Gasteiger partial charge in [-0.25, -0.2) is 9.59 Å². The molecule has 0 spiro atoms. The molecule has 0 atom stereocenters. The summed E-state index contributed by atoms with van der Waals surface area (Å²) in [4.78, 5) is 34.5. The molecule has 0 saturated carbocycles. The monoisotopic (exact) mass is 340 g/mol. The molecule has 0 bridgehead atoms. The summed E-state index contributed by atoms with van der Waals surface area (Å²) < 4.78 is 14.4. The topological polar surface area (TPSA) is 78.9 Å². The number of hydrogen-bond donors (Lipinski definition) is 0. The van der Waals surface area contributed by atoms with Crippen LogP contribution in [0.15, 0.2) is 67.3 Å². The molecule has 2 aromatic carbocycles. The van der Waals surface area contributed by atoms with Gasteiger partial charge in [0.2, 0.25) is 0 Å². The number of ether oxygens (including phenoxy) is 3. The maximum atomic E-state index is 12.3. The van der Waals surface area contributed by atoms with Gasteiger partial charge >= 0.3 is 12.1 Å². The van der Waals surface area contributed by atoms with Crippen molar-refractivity contribution in [2.75, 3.05) is 13.2 Å². The molecular weight excluding hydrogens is 324 g/mol. The molecule has 0 unspecified atom stereocenters. The van der Waals surface area contributed by atoms with E-state index in [1.54, 1.807) is 36.4 Å². The van der Waals surface area contributed by atoms with Crippen LogP contribution in [-0.2, 0) is 14.3 Å². The smallest absolute Gasteiger partial charge is 0.459 e. The molecule has 0 aromatic heterocycles. The molecule has 0 aliphatic rings. The fraction of sp³-hybridized carbons (Fsp3) is 0.105. The second kappa shape index (κ2) is 9.02.